The largest absolute Gasteiger partial charge is 0.353 e. The third-order valence-corrected chi connectivity index (χ3v) is 5.40. The van der Waals surface area contributed by atoms with E-state index in [4.69, 9.17) is 0 Å². The van der Waals surface area contributed by atoms with Crippen LogP contribution in [0.4, 0.5) is 17.3 Å². The second-order valence-corrected chi connectivity index (χ2v) is 7.40. The minimum Gasteiger partial charge on any atom is -0.353 e. The number of rotatable bonds is 5. The fourth-order valence-corrected chi connectivity index (χ4v) is 3.83. The minimum absolute atomic E-state index is 0.0176. The van der Waals surface area contributed by atoms with Crippen LogP contribution >= 0.6 is 11.3 Å². The van der Waals surface area contributed by atoms with Crippen molar-refractivity contribution < 1.29 is 4.79 Å². The van der Waals surface area contributed by atoms with Crippen molar-refractivity contribution in [3.63, 3.8) is 0 Å². The molecule has 1 saturated heterocycles. The van der Waals surface area contributed by atoms with Crippen LogP contribution in [0.1, 0.15) is 4.88 Å². The van der Waals surface area contributed by atoms with E-state index < -0.39 is 0 Å². The van der Waals surface area contributed by atoms with E-state index >= 15 is 0 Å². The van der Waals surface area contributed by atoms with E-state index in [9.17, 15) is 4.79 Å². The molecule has 1 fully saturated rings. The van der Waals surface area contributed by atoms with Gasteiger partial charge in [0, 0.05) is 37.3 Å². The third-order valence-electron chi connectivity index (χ3n) is 4.52. The SMILES string of the molecule is O=C(Cc1cccs1)Nc1ccc(N2CCN(c3ccccn3)CC2)nc1. The molecule has 3 aromatic rings. The molecule has 0 aromatic carbocycles. The number of hydrogen-bond acceptors (Lipinski definition) is 6. The summed E-state index contributed by atoms with van der Waals surface area (Å²) in [5.41, 5.74) is 0.729. The van der Waals surface area contributed by atoms with Crippen molar-refractivity contribution in [3.05, 3.63) is 65.1 Å². The van der Waals surface area contributed by atoms with Crippen LogP contribution in [0, 0.1) is 0 Å². The maximum absolute atomic E-state index is 12.1. The number of pyridine rings is 2. The summed E-state index contributed by atoms with van der Waals surface area (Å²) in [6.07, 6.45) is 3.95. The molecule has 6 nitrogen and oxygen atoms in total. The topological polar surface area (TPSA) is 61.4 Å². The summed E-state index contributed by atoms with van der Waals surface area (Å²) in [5, 5.41) is 4.89. The molecule has 138 valence electrons. The first kappa shape index (κ1) is 17.5. The van der Waals surface area contributed by atoms with Crippen LogP contribution in [0.2, 0.25) is 0 Å². The Morgan fingerprint density at radius 2 is 1.74 bits per heavy atom. The molecule has 1 N–H and O–H groups in total. The average molecular weight is 379 g/mol. The number of carbonyl (C=O) groups is 1. The Balaban J connectivity index is 1.31. The molecule has 3 aromatic heterocycles. The van der Waals surface area contributed by atoms with Crippen molar-refractivity contribution in [2.24, 2.45) is 0 Å². The number of amides is 1. The zero-order chi connectivity index (χ0) is 18.5. The van der Waals surface area contributed by atoms with Crippen molar-refractivity contribution in [1.29, 1.82) is 0 Å². The molecule has 0 radical (unpaired) electrons. The van der Waals surface area contributed by atoms with Crippen LogP contribution in [0.25, 0.3) is 0 Å². The number of nitrogens with zero attached hydrogens (tertiary/aromatic N) is 4. The van der Waals surface area contributed by atoms with Gasteiger partial charge in [-0.3, -0.25) is 4.79 Å². The van der Waals surface area contributed by atoms with Gasteiger partial charge in [0.2, 0.25) is 5.91 Å². The smallest absolute Gasteiger partial charge is 0.229 e. The maximum Gasteiger partial charge on any atom is 0.229 e. The van der Waals surface area contributed by atoms with E-state index in [1.54, 1.807) is 17.5 Å². The van der Waals surface area contributed by atoms with Gasteiger partial charge in [-0.15, -0.1) is 11.3 Å². The van der Waals surface area contributed by atoms with Gasteiger partial charge >= 0.3 is 0 Å². The van der Waals surface area contributed by atoms with Gasteiger partial charge in [0.15, 0.2) is 0 Å². The highest BCUT2D eigenvalue weighted by atomic mass is 32.1. The normalized spacial score (nSPS) is 14.2. The van der Waals surface area contributed by atoms with Crippen LogP contribution in [-0.4, -0.2) is 42.1 Å². The van der Waals surface area contributed by atoms with Crippen LogP contribution in [0.3, 0.4) is 0 Å². The Morgan fingerprint density at radius 1 is 0.963 bits per heavy atom. The van der Waals surface area contributed by atoms with Gasteiger partial charge in [-0.2, -0.15) is 0 Å². The highest BCUT2D eigenvalue weighted by molar-refractivity contribution is 7.10. The summed E-state index contributed by atoms with van der Waals surface area (Å²) in [6.45, 7) is 3.62. The first-order valence-corrected chi connectivity index (χ1v) is 9.85. The molecule has 0 bridgehead atoms. The summed E-state index contributed by atoms with van der Waals surface area (Å²) in [4.78, 5) is 26.6. The number of piperazine rings is 1. The summed E-state index contributed by atoms with van der Waals surface area (Å²) >= 11 is 1.59. The Kier molecular flexibility index (Phi) is 5.29. The van der Waals surface area contributed by atoms with E-state index in [2.05, 4.69) is 25.1 Å². The van der Waals surface area contributed by atoms with E-state index in [0.717, 1.165) is 48.4 Å². The minimum atomic E-state index is -0.0176. The Bertz CT molecular complexity index is 859. The van der Waals surface area contributed by atoms with Crippen molar-refractivity contribution in [2.45, 2.75) is 6.42 Å². The van der Waals surface area contributed by atoms with Crippen LogP contribution in [0.15, 0.2) is 60.2 Å². The van der Waals surface area contributed by atoms with Gasteiger partial charge in [-0.05, 0) is 35.7 Å². The van der Waals surface area contributed by atoms with Gasteiger partial charge in [0.05, 0.1) is 18.3 Å². The molecule has 0 spiro atoms. The van der Waals surface area contributed by atoms with Gasteiger partial charge in [-0.25, -0.2) is 9.97 Å². The van der Waals surface area contributed by atoms with Gasteiger partial charge in [0.25, 0.3) is 0 Å². The summed E-state index contributed by atoms with van der Waals surface area (Å²) in [5.74, 6) is 1.94. The number of hydrogen-bond donors (Lipinski definition) is 1. The van der Waals surface area contributed by atoms with Crippen LogP contribution in [-0.2, 0) is 11.2 Å². The van der Waals surface area contributed by atoms with Crippen molar-refractivity contribution in [1.82, 2.24) is 9.97 Å². The van der Waals surface area contributed by atoms with Crippen molar-refractivity contribution in [3.8, 4) is 0 Å². The van der Waals surface area contributed by atoms with E-state index in [1.807, 2.05) is 54.0 Å². The molecule has 0 aliphatic carbocycles. The standard InChI is InChI=1S/C20H21N5OS/c26-20(14-17-4-3-13-27-17)23-16-6-7-19(22-15-16)25-11-9-24(10-12-25)18-5-1-2-8-21-18/h1-8,13,15H,9-12,14H2,(H,23,26). The molecule has 7 heteroatoms. The lowest BCUT2D eigenvalue weighted by Gasteiger charge is -2.36. The van der Waals surface area contributed by atoms with E-state index in [1.165, 1.54) is 0 Å². The van der Waals surface area contributed by atoms with Crippen molar-refractivity contribution >= 4 is 34.6 Å². The van der Waals surface area contributed by atoms with Crippen LogP contribution < -0.4 is 15.1 Å². The lowest BCUT2D eigenvalue weighted by Crippen LogP contribution is -2.47. The summed E-state index contributed by atoms with van der Waals surface area (Å²) in [6, 6.07) is 13.8. The lowest BCUT2D eigenvalue weighted by atomic mass is 10.3. The first-order valence-electron chi connectivity index (χ1n) is 8.97. The first-order chi connectivity index (χ1) is 13.3. The number of carbonyl (C=O) groups excluding carboxylic acids is 1. The Labute approximate surface area is 162 Å². The Hall–Kier alpha value is -2.93. The second kappa shape index (κ2) is 8.18. The molecule has 1 aliphatic rings. The maximum atomic E-state index is 12.1. The highest BCUT2D eigenvalue weighted by Crippen LogP contribution is 2.19. The molecule has 4 rings (SSSR count). The fraction of sp³-hybridized carbons (Fsp3) is 0.250. The zero-order valence-corrected chi connectivity index (χ0v) is 15.7. The molecule has 1 aliphatic heterocycles. The summed E-state index contributed by atoms with van der Waals surface area (Å²) < 4.78 is 0. The molecular weight excluding hydrogens is 358 g/mol. The quantitative estimate of drug-likeness (QED) is 0.738. The molecule has 0 atom stereocenters. The number of anilines is 3. The summed E-state index contributed by atoms with van der Waals surface area (Å²) in [7, 11) is 0. The number of thiophene rings is 1. The lowest BCUT2D eigenvalue weighted by molar-refractivity contribution is -0.115. The Morgan fingerprint density at radius 3 is 2.33 bits per heavy atom. The molecule has 4 heterocycles. The van der Waals surface area contributed by atoms with Gasteiger partial charge in [-0.1, -0.05) is 12.1 Å². The molecule has 1 amide bonds. The van der Waals surface area contributed by atoms with Gasteiger partial charge < -0.3 is 15.1 Å². The van der Waals surface area contributed by atoms with Gasteiger partial charge in [0.1, 0.15) is 11.6 Å². The fourth-order valence-electron chi connectivity index (χ4n) is 3.13. The third kappa shape index (κ3) is 4.43. The number of nitrogens with one attached hydrogen (secondary N) is 1. The average Bonchev–Trinajstić information content (AvgIpc) is 3.22. The number of aromatic nitrogens is 2. The predicted molar refractivity (Wildman–Crippen MR) is 110 cm³/mol. The predicted octanol–water partition coefficient (Wildman–Crippen LogP) is 3.05. The molecular formula is C20H21N5OS. The van der Waals surface area contributed by atoms with E-state index in [-0.39, 0.29) is 5.91 Å². The molecule has 0 unspecified atom stereocenters. The zero-order valence-electron chi connectivity index (χ0n) is 14.9. The van der Waals surface area contributed by atoms with Crippen LogP contribution in [0.5, 0.6) is 0 Å². The molecule has 27 heavy (non-hydrogen) atoms. The van der Waals surface area contributed by atoms with Crippen molar-refractivity contribution in [2.75, 3.05) is 41.3 Å². The molecule has 0 saturated carbocycles. The second-order valence-electron chi connectivity index (χ2n) is 6.37. The monoisotopic (exact) mass is 379 g/mol. The van der Waals surface area contributed by atoms with E-state index in [0.29, 0.717) is 6.42 Å². The highest BCUT2D eigenvalue weighted by Gasteiger charge is 2.18.